The summed E-state index contributed by atoms with van der Waals surface area (Å²) < 4.78 is 6.42. The summed E-state index contributed by atoms with van der Waals surface area (Å²) in [7, 11) is 0. The Morgan fingerprint density at radius 3 is 2.61 bits per heavy atom. The van der Waals surface area contributed by atoms with Crippen molar-refractivity contribution in [1.29, 1.82) is 0 Å². The number of carbonyl (C=O) groups is 1. The molecule has 9 nitrogen and oxygen atoms in total. The van der Waals surface area contributed by atoms with Gasteiger partial charge in [0.25, 0.3) is 5.91 Å². The van der Waals surface area contributed by atoms with Crippen molar-refractivity contribution in [1.82, 2.24) is 9.55 Å². The highest BCUT2D eigenvalue weighted by Gasteiger charge is 2.44. The maximum Gasteiger partial charge on any atom is 0.271 e. The van der Waals surface area contributed by atoms with Gasteiger partial charge in [-0.15, -0.1) is 0 Å². The van der Waals surface area contributed by atoms with E-state index in [1.54, 1.807) is 0 Å². The molecule has 1 saturated heterocycles. The maximum atomic E-state index is 11.0. The molecule has 0 unspecified atom stereocenters. The molecule has 0 radical (unpaired) electrons. The molecule has 7 N–H and O–H groups in total. The van der Waals surface area contributed by atoms with Crippen LogP contribution in [0.15, 0.2) is 6.33 Å². The molecule has 0 saturated carbocycles. The van der Waals surface area contributed by atoms with Crippen molar-refractivity contribution in [3.63, 3.8) is 0 Å². The van der Waals surface area contributed by atoms with Crippen molar-refractivity contribution in [3.8, 4) is 0 Å². The van der Waals surface area contributed by atoms with Gasteiger partial charge in [0.15, 0.2) is 11.9 Å². The van der Waals surface area contributed by atoms with Gasteiger partial charge in [0.2, 0.25) is 0 Å². The van der Waals surface area contributed by atoms with E-state index in [0.29, 0.717) is 0 Å². The van der Waals surface area contributed by atoms with Gasteiger partial charge < -0.3 is 31.5 Å². The number of nitrogens with zero attached hydrogens (tertiary/aromatic N) is 2. The number of amides is 1. The molecule has 1 amide bonds. The Bertz CT molecular complexity index is 462. The van der Waals surface area contributed by atoms with Gasteiger partial charge in [-0.1, -0.05) is 0 Å². The largest absolute Gasteiger partial charge is 0.394 e. The fourth-order valence-corrected chi connectivity index (χ4v) is 1.87. The average Bonchev–Trinajstić information content (AvgIpc) is 2.82. The maximum absolute atomic E-state index is 11.0. The van der Waals surface area contributed by atoms with Gasteiger partial charge in [0.1, 0.15) is 24.1 Å². The van der Waals surface area contributed by atoms with E-state index < -0.39 is 37.1 Å². The third kappa shape index (κ3) is 1.82. The highest BCUT2D eigenvalue weighted by Crippen LogP contribution is 2.31. The van der Waals surface area contributed by atoms with E-state index in [1.165, 1.54) is 10.9 Å². The lowest BCUT2D eigenvalue weighted by atomic mass is 10.1. The molecule has 4 atom stereocenters. The third-order valence-corrected chi connectivity index (χ3v) is 2.86. The second kappa shape index (κ2) is 4.53. The predicted octanol–water partition coefficient (Wildman–Crippen LogP) is -2.82. The molecule has 0 aliphatic carbocycles. The number of carbonyl (C=O) groups excluding carboxylic acids is 1. The van der Waals surface area contributed by atoms with Crippen LogP contribution in [-0.4, -0.2) is 55.7 Å². The average molecular weight is 258 g/mol. The van der Waals surface area contributed by atoms with Crippen LogP contribution in [0.3, 0.4) is 0 Å². The number of aliphatic hydroxyl groups is 3. The number of aliphatic hydroxyl groups excluding tert-OH is 3. The molecule has 0 bridgehead atoms. The summed E-state index contributed by atoms with van der Waals surface area (Å²) >= 11 is 0. The van der Waals surface area contributed by atoms with Crippen molar-refractivity contribution in [2.45, 2.75) is 24.5 Å². The van der Waals surface area contributed by atoms with Gasteiger partial charge >= 0.3 is 0 Å². The lowest BCUT2D eigenvalue weighted by Crippen LogP contribution is -2.33. The minimum Gasteiger partial charge on any atom is -0.394 e. The van der Waals surface area contributed by atoms with E-state index in [4.69, 9.17) is 21.3 Å². The first-order valence-electron chi connectivity index (χ1n) is 5.22. The minimum absolute atomic E-state index is 0.0719. The predicted molar refractivity (Wildman–Crippen MR) is 58.2 cm³/mol. The monoisotopic (exact) mass is 258 g/mol. The van der Waals surface area contributed by atoms with Crippen LogP contribution in [-0.2, 0) is 4.74 Å². The van der Waals surface area contributed by atoms with Gasteiger partial charge in [-0.2, -0.15) is 0 Å². The zero-order chi connectivity index (χ0) is 13.4. The lowest BCUT2D eigenvalue weighted by Gasteiger charge is -2.17. The van der Waals surface area contributed by atoms with E-state index in [1.807, 2.05) is 0 Å². The normalized spacial score (nSPS) is 31.7. The van der Waals surface area contributed by atoms with Gasteiger partial charge in [-0.05, 0) is 0 Å². The Hall–Kier alpha value is -1.68. The standard InChI is InChI=1S/C9H14N4O5/c10-7-4(8(11)17)12-2-13(7)9-6(16)5(15)3(1-14)18-9/h2-3,5-6,9,14-16H,1,10H2,(H2,11,17)/t3-,5+,6-,9+/m0/s1. The first-order chi connectivity index (χ1) is 8.47. The Morgan fingerprint density at radius 2 is 2.17 bits per heavy atom. The van der Waals surface area contributed by atoms with Crippen LogP contribution in [0.4, 0.5) is 5.82 Å². The quantitative estimate of drug-likeness (QED) is 0.391. The first-order valence-corrected chi connectivity index (χ1v) is 5.22. The number of hydrogen-bond donors (Lipinski definition) is 5. The molecule has 2 heterocycles. The van der Waals surface area contributed by atoms with Crippen molar-refractivity contribution in [3.05, 3.63) is 12.0 Å². The summed E-state index contributed by atoms with van der Waals surface area (Å²) in [6.07, 6.45) is -3.32. The van der Waals surface area contributed by atoms with Crippen LogP contribution in [0.25, 0.3) is 0 Å². The zero-order valence-corrected chi connectivity index (χ0v) is 9.30. The summed E-state index contributed by atoms with van der Waals surface area (Å²) in [4.78, 5) is 14.7. The summed E-state index contributed by atoms with van der Waals surface area (Å²) in [5, 5.41) is 28.3. The topological polar surface area (TPSA) is 157 Å². The van der Waals surface area contributed by atoms with Crippen molar-refractivity contribution >= 4 is 11.7 Å². The molecule has 18 heavy (non-hydrogen) atoms. The van der Waals surface area contributed by atoms with Crippen molar-refractivity contribution in [2.24, 2.45) is 5.73 Å². The fraction of sp³-hybridized carbons (Fsp3) is 0.556. The molecule has 2 rings (SSSR count). The van der Waals surface area contributed by atoms with E-state index in [0.717, 1.165) is 0 Å². The summed E-state index contributed by atoms with van der Waals surface area (Å²) in [5.74, 6) is -0.879. The number of imidazole rings is 1. The van der Waals surface area contributed by atoms with Crippen LogP contribution < -0.4 is 11.5 Å². The van der Waals surface area contributed by atoms with Crippen LogP contribution in [0.2, 0.25) is 0 Å². The van der Waals surface area contributed by atoms with E-state index in [2.05, 4.69) is 4.98 Å². The summed E-state index contributed by atoms with van der Waals surface area (Å²) in [6.45, 7) is -0.452. The van der Waals surface area contributed by atoms with Crippen LogP contribution in [0.5, 0.6) is 0 Å². The number of ether oxygens (including phenoxy) is 1. The van der Waals surface area contributed by atoms with E-state index in [9.17, 15) is 15.0 Å². The van der Waals surface area contributed by atoms with E-state index in [-0.39, 0.29) is 11.5 Å². The fourth-order valence-electron chi connectivity index (χ4n) is 1.87. The highest BCUT2D eigenvalue weighted by molar-refractivity contribution is 5.95. The smallest absolute Gasteiger partial charge is 0.271 e. The van der Waals surface area contributed by atoms with Crippen LogP contribution in [0, 0.1) is 0 Å². The number of rotatable bonds is 3. The molecule has 1 aliphatic heterocycles. The van der Waals surface area contributed by atoms with Crippen LogP contribution >= 0.6 is 0 Å². The Balaban J connectivity index is 2.30. The molecule has 100 valence electrons. The van der Waals surface area contributed by atoms with E-state index >= 15 is 0 Å². The number of nitrogens with two attached hydrogens (primary N) is 2. The van der Waals surface area contributed by atoms with Gasteiger partial charge in [0, 0.05) is 0 Å². The Kier molecular flexibility index (Phi) is 3.22. The van der Waals surface area contributed by atoms with Gasteiger partial charge in [-0.3, -0.25) is 9.36 Å². The minimum atomic E-state index is -1.29. The third-order valence-electron chi connectivity index (χ3n) is 2.86. The molecule has 1 aromatic heterocycles. The second-order valence-corrected chi connectivity index (χ2v) is 3.98. The number of aromatic nitrogens is 2. The highest BCUT2D eigenvalue weighted by atomic mass is 16.6. The molecule has 1 aromatic rings. The molecule has 0 aromatic carbocycles. The van der Waals surface area contributed by atoms with Gasteiger partial charge in [0.05, 0.1) is 12.9 Å². The summed E-state index contributed by atoms with van der Waals surface area (Å²) in [5.41, 5.74) is 10.6. The zero-order valence-electron chi connectivity index (χ0n) is 9.30. The molecule has 1 fully saturated rings. The molecular formula is C9H14N4O5. The number of anilines is 1. The second-order valence-electron chi connectivity index (χ2n) is 3.98. The molecule has 0 spiro atoms. The number of hydrogen-bond acceptors (Lipinski definition) is 7. The lowest BCUT2D eigenvalue weighted by molar-refractivity contribution is -0.0518. The van der Waals surface area contributed by atoms with Crippen molar-refractivity contribution in [2.75, 3.05) is 12.3 Å². The number of primary amides is 1. The molecule has 9 heteroatoms. The van der Waals surface area contributed by atoms with Gasteiger partial charge in [-0.25, -0.2) is 4.98 Å². The SMILES string of the molecule is NC(=O)c1ncn([C@@H]2O[C@@H](CO)[C@@H](O)[C@@H]2O)c1N. The Morgan fingerprint density at radius 1 is 1.50 bits per heavy atom. The Labute approximate surface area is 102 Å². The number of nitrogen functional groups attached to an aromatic ring is 1. The first kappa shape index (κ1) is 12.8. The summed E-state index contributed by atoms with van der Waals surface area (Å²) in [6, 6.07) is 0. The molecular weight excluding hydrogens is 244 g/mol. The van der Waals surface area contributed by atoms with Crippen LogP contribution in [0.1, 0.15) is 16.7 Å². The molecule has 1 aliphatic rings. The van der Waals surface area contributed by atoms with Crippen molar-refractivity contribution < 1.29 is 24.9 Å².